The van der Waals surface area contributed by atoms with E-state index in [9.17, 15) is 9.59 Å². The summed E-state index contributed by atoms with van der Waals surface area (Å²) in [5.41, 5.74) is 0.121. The summed E-state index contributed by atoms with van der Waals surface area (Å²) >= 11 is 0. The number of esters is 1. The van der Waals surface area contributed by atoms with Gasteiger partial charge in [-0.2, -0.15) is 0 Å². The van der Waals surface area contributed by atoms with Gasteiger partial charge < -0.3 is 9.84 Å². The van der Waals surface area contributed by atoms with Crippen LogP contribution in [0.4, 0.5) is 0 Å². The molecule has 0 amide bonds. The summed E-state index contributed by atoms with van der Waals surface area (Å²) in [6.45, 7) is 2.62. The van der Waals surface area contributed by atoms with E-state index in [0.29, 0.717) is 6.61 Å². The monoisotopic (exact) mass is 458 g/mol. The van der Waals surface area contributed by atoms with E-state index >= 15 is 0 Å². The third-order valence-electron chi connectivity index (χ3n) is 5.61. The second kappa shape index (κ2) is 21.3. The molecule has 0 aliphatic rings. The number of rotatable bonds is 19. The first-order valence-electron chi connectivity index (χ1n) is 12.2. The minimum atomic E-state index is -1.11. The van der Waals surface area contributed by atoms with Crippen LogP contribution in [-0.4, -0.2) is 61.4 Å². The molecular formula is C26H42CaO4. The average molecular weight is 459 g/mol. The molecule has 0 aromatic heterocycles. The van der Waals surface area contributed by atoms with Crippen LogP contribution in [0, 0.1) is 0 Å². The second-order valence-corrected chi connectivity index (χ2v) is 8.29. The number of carboxylic acids is 1. The molecule has 31 heavy (non-hydrogen) atoms. The molecule has 0 atom stereocenters. The van der Waals surface area contributed by atoms with Crippen molar-refractivity contribution in [2.75, 3.05) is 6.61 Å². The van der Waals surface area contributed by atoms with Crippen molar-refractivity contribution >= 4 is 49.7 Å². The fourth-order valence-electron chi connectivity index (χ4n) is 3.74. The molecule has 2 radical (unpaired) electrons. The van der Waals surface area contributed by atoms with E-state index in [-0.39, 0.29) is 48.9 Å². The number of unbranched alkanes of at least 4 members (excludes halogenated alkanes) is 15. The Kier molecular flexibility index (Phi) is 20.9. The Balaban J connectivity index is 0.00000900. The molecule has 1 rings (SSSR count). The molecular weight excluding hydrogens is 416 g/mol. The number of ether oxygens (including phenoxy) is 1. The molecule has 172 valence electrons. The van der Waals surface area contributed by atoms with Gasteiger partial charge in [0.05, 0.1) is 17.7 Å². The quantitative estimate of drug-likeness (QED) is 0.133. The summed E-state index contributed by atoms with van der Waals surface area (Å²) in [4.78, 5) is 23.2. The molecule has 0 heterocycles. The molecule has 0 saturated carbocycles. The predicted molar refractivity (Wildman–Crippen MR) is 129 cm³/mol. The molecule has 1 aromatic rings. The molecule has 0 unspecified atom stereocenters. The van der Waals surface area contributed by atoms with Crippen LogP contribution in [0.5, 0.6) is 0 Å². The van der Waals surface area contributed by atoms with Gasteiger partial charge in [0.1, 0.15) is 0 Å². The first-order valence-corrected chi connectivity index (χ1v) is 12.2. The maximum atomic E-state index is 12.0. The number of aromatic carboxylic acids is 1. The Bertz CT molecular complexity index is 589. The molecule has 0 fully saturated rings. The molecule has 0 aliphatic heterocycles. The van der Waals surface area contributed by atoms with Crippen LogP contribution >= 0.6 is 0 Å². The molecule has 5 heteroatoms. The van der Waals surface area contributed by atoms with Crippen molar-refractivity contribution in [2.24, 2.45) is 0 Å². The van der Waals surface area contributed by atoms with E-state index in [1.165, 1.54) is 102 Å². The number of carbonyl (C=O) groups excluding carboxylic acids is 1. The predicted octanol–water partition coefficient (Wildman–Crippen LogP) is 7.42. The fraction of sp³-hybridized carbons (Fsp3) is 0.692. The maximum absolute atomic E-state index is 12.0. The van der Waals surface area contributed by atoms with Crippen molar-refractivity contribution in [3.05, 3.63) is 35.4 Å². The zero-order valence-electron chi connectivity index (χ0n) is 19.7. The zero-order valence-corrected chi connectivity index (χ0v) is 21.9. The van der Waals surface area contributed by atoms with Crippen LogP contribution in [0.25, 0.3) is 0 Å². The Morgan fingerprint density at radius 2 is 1.06 bits per heavy atom. The van der Waals surface area contributed by atoms with Crippen molar-refractivity contribution in [3.63, 3.8) is 0 Å². The van der Waals surface area contributed by atoms with E-state index in [1.54, 1.807) is 12.1 Å². The Morgan fingerprint density at radius 3 is 1.48 bits per heavy atom. The van der Waals surface area contributed by atoms with Gasteiger partial charge in [-0.05, 0) is 18.6 Å². The van der Waals surface area contributed by atoms with Gasteiger partial charge in [-0.25, -0.2) is 9.59 Å². The van der Waals surface area contributed by atoms with Crippen molar-refractivity contribution in [2.45, 2.75) is 110 Å². The zero-order chi connectivity index (χ0) is 21.9. The third-order valence-corrected chi connectivity index (χ3v) is 5.61. The third kappa shape index (κ3) is 15.8. The van der Waals surface area contributed by atoms with Gasteiger partial charge in [0.25, 0.3) is 0 Å². The second-order valence-electron chi connectivity index (χ2n) is 8.29. The summed E-state index contributed by atoms with van der Waals surface area (Å²) < 4.78 is 5.24. The van der Waals surface area contributed by atoms with Gasteiger partial charge >= 0.3 is 11.9 Å². The summed E-state index contributed by atoms with van der Waals surface area (Å²) in [5, 5.41) is 9.13. The number of hydrogen-bond donors (Lipinski definition) is 1. The van der Waals surface area contributed by atoms with Crippen LogP contribution in [0.15, 0.2) is 24.3 Å². The SMILES string of the molecule is CCCCCCCCCCCCCCCCCCOC(=O)c1ccccc1C(=O)O.[Ca]. The molecule has 0 aliphatic carbocycles. The van der Waals surface area contributed by atoms with Crippen LogP contribution in [0.3, 0.4) is 0 Å². The molecule has 0 saturated heterocycles. The first kappa shape index (κ1) is 30.4. The molecule has 1 aromatic carbocycles. The van der Waals surface area contributed by atoms with Crippen molar-refractivity contribution in [1.29, 1.82) is 0 Å². The maximum Gasteiger partial charge on any atom is 0.339 e. The fourth-order valence-corrected chi connectivity index (χ4v) is 3.74. The van der Waals surface area contributed by atoms with Crippen LogP contribution in [-0.2, 0) is 4.74 Å². The number of carboxylic acid groups (broad SMARTS) is 1. The smallest absolute Gasteiger partial charge is 0.339 e. The summed E-state index contributed by atoms with van der Waals surface area (Å²) in [6, 6.07) is 6.18. The van der Waals surface area contributed by atoms with Crippen LogP contribution < -0.4 is 0 Å². The van der Waals surface area contributed by atoms with Crippen molar-refractivity contribution in [3.8, 4) is 0 Å². The van der Waals surface area contributed by atoms with Crippen molar-refractivity contribution in [1.82, 2.24) is 0 Å². The Labute approximate surface area is 219 Å². The molecule has 4 nitrogen and oxygen atoms in total. The topological polar surface area (TPSA) is 63.6 Å². The van der Waals surface area contributed by atoms with Crippen molar-refractivity contribution < 1.29 is 19.4 Å². The standard InChI is InChI=1S/C26H42O4.Ca/c1-2-3-4-5-6-7-8-9-10-11-12-13-14-15-16-19-22-30-26(29)24-21-18-17-20-23(24)25(27)28;/h17-18,20-21H,2-16,19,22H2,1H3,(H,27,28);. The first-order chi connectivity index (χ1) is 14.7. The van der Waals surface area contributed by atoms with E-state index in [4.69, 9.17) is 9.84 Å². The van der Waals surface area contributed by atoms with E-state index in [0.717, 1.165) is 12.8 Å². The van der Waals surface area contributed by atoms with E-state index in [2.05, 4.69) is 6.92 Å². The summed E-state index contributed by atoms with van der Waals surface area (Å²) in [7, 11) is 0. The largest absolute Gasteiger partial charge is 0.478 e. The van der Waals surface area contributed by atoms with Crippen LogP contribution in [0.1, 0.15) is 130 Å². The van der Waals surface area contributed by atoms with E-state index < -0.39 is 11.9 Å². The Hall–Kier alpha value is -0.580. The van der Waals surface area contributed by atoms with Gasteiger partial charge in [-0.1, -0.05) is 115 Å². The number of benzene rings is 1. The number of hydrogen-bond acceptors (Lipinski definition) is 3. The summed E-state index contributed by atoms with van der Waals surface area (Å²) in [5.74, 6) is -1.65. The van der Waals surface area contributed by atoms with Gasteiger partial charge in [-0.3, -0.25) is 0 Å². The molecule has 0 bridgehead atoms. The summed E-state index contributed by atoms with van der Waals surface area (Å²) in [6.07, 6.45) is 20.8. The molecule has 1 N–H and O–H groups in total. The normalized spacial score (nSPS) is 10.5. The van der Waals surface area contributed by atoms with Gasteiger partial charge in [-0.15, -0.1) is 0 Å². The van der Waals surface area contributed by atoms with Gasteiger partial charge in [0.15, 0.2) is 0 Å². The molecule has 0 spiro atoms. The van der Waals surface area contributed by atoms with Gasteiger partial charge in [0.2, 0.25) is 0 Å². The Morgan fingerprint density at radius 1 is 0.677 bits per heavy atom. The van der Waals surface area contributed by atoms with Gasteiger partial charge in [0, 0.05) is 37.7 Å². The average Bonchev–Trinajstić information content (AvgIpc) is 2.75. The number of carbonyl (C=O) groups is 2. The van der Waals surface area contributed by atoms with Crippen LogP contribution in [0.2, 0.25) is 0 Å². The minimum absolute atomic E-state index is 0. The minimum Gasteiger partial charge on any atom is -0.478 e. The van der Waals surface area contributed by atoms with E-state index in [1.807, 2.05) is 0 Å².